The van der Waals surface area contributed by atoms with Crippen LogP contribution in [0.2, 0.25) is 0 Å². The molecule has 0 saturated carbocycles. The van der Waals surface area contributed by atoms with Crippen LogP contribution in [0.5, 0.6) is 0 Å². The number of primary amides is 1. The zero-order chi connectivity index (χ0) is 15.1. The molecule has 0 aliphatic heterocycles. The monoisotopic (exact) mass is 288 g/mol. The molecule has 1 amide bonds. The Balaban J connectivity index is 2.16. The highest BCUT2D eigenvalue weighted by molar-refractivity contribution is 6.15. The summed E-state index contributed by atoms with van der Waals surface area (Å²) in [4.78, 5) is 11.6. The second-order valence-corrected chi connectivity index (χ2v) is 5.08. The van der Waals surface area contributed by atoms with E-state index >= 15 is 0 Å². The molecule has 22 heavy (non-hydrogen) atoms. The molecule has 3 aromatic carbocycles. The van der Waals surface area contributed by atoms with Crippen molar-refractivity contribution in [2.75, 3.05) is 0 Å². The second-order valence-electron chi connectivity index (χ2n) is 5.08. The number of nitrogens with zero attached hydrogens (tertiary/aromatic N) is 2. The first-order chi connectivity index (χ1) is 10.8. The number of amides is 1. The van der Waals surface area contributed by atoms with Gasteiger partial charge in [0.15, 0.2) is 5.69 Å². The molecule has 4 rings (SSSR count). The van der Waals surface area contributed by atoms with Gasteiger partial charge in [-0.15, -0.1) is 0 Å². The largest absolute Gasteiger partial charge is 0.364 e. The maximum Gasteiger partial charge on any atom is 0.271 e. The van der Waals surface area contributed by atoms with Crippen molar-refractivity contribution in [3.8, 4) is 11.3 Å². The summed E-state index contributed by atoms with van der Waals surface area (Å²) in [5.41, 5.74) is 6.87. The van der Waals surface area contributed by atoms with Crippen LogP contribution in [0, 0.1) is 0 Å². The average Bonchev–Trinajstić information content (AvgIpc) is 3.04. The van der Waals surface area contributed by atoms with Gasteiger partial charge in [0.1, 0.15) is 5.69 Å². The summed E-state index contributed by atoms with van der Waals surface area (Å²) in [5.74, 6) is -0.596. The van der Waals surface area contributed by atoms with Crippen molar-refractivity contribution in [2.45, 2.75) is 0 Å². The number of hydrogen-bond donors (Lipinski definition) is 2. The Bertz CT molecular complexity index is 1020. The summed E-state index contributed by atoms with van der Waals surface area (Å²) in [6.45, 7) is 0. The number of fused-ring (bicyclic) bond motifs is 3. The standard InChI is InChI=1S/C17H12N4O/c18-17(22)16-15(19-21-20-16)13-7-3-5-11-9-8-10-4-1-2-6-12(10)14(11)13/h1-9H,(H2,18,22)(H,19,20,21). The van der Waals surface area contributed by atoms with Crippen LogP contribution in [0.1, 0.15) is 10.5 Å². The molecule has 0 saturated heterocycles. The highest BCUT2D eigenvalue weighted by Crippen LogP contribution is 2.34. The van der Waals surface area contributed by atoms with Crippen molar-refractivity contribution in [3.63, 3.8) is 0 Å². The van der Waals surface area contributed by atoms with Gasteiger partial charge in [0.25, 0.3) is 5.91 Å². The summed E-state index contributed by atoms with van der Waals surface area (Å²) in [5, 5.41) is 14.8. The lowest BCUT2D eigenvalue weighted by atomic mass is 9.95. The van der Waals surface area contributed by atoms with Gasteiger partial charge in [-0.05, 0) is 21.5 Å². The zero-order valence-corrected chi connectivity index (χ0v) is 11.6. The highest BCUT2D eigenvalue weighted by Gasteiger charge is 2.18. The van der Waals surface area contributed by atoms with Crippen LogP contribution in [-0.4, -0.2) is 21.3 Å². The molecule has 0 bridgehead atoms. The third-order valence-corrected chi connectivity index (χ3v) is 3.81. The Hall–Kier alpha value is -3.21. The Morgan fingerprint density at radius 2 is 1.68 bits per heavy atom. The van der Waals surface area contributed by atoms with Gasteiger partial charge in [0.2, 0.25) is 0 Å². The molecule has 0 unspecified atom stereocenters. The van der Waals surface area contributed by atoms with Crippen LogP contribution in [0.25, 0.3) is 32.8 Å². The molecule has 4 aromatic rings. The number of aromatic nitrogens is 3. The van der Waals surface area contributed by atoms with Gasteiger partial charge in [-0.2, -0.15) is 15.4 Å². The normalized spacial score (nSPS) is 11.1. The number of carbonyl (C=O) groups excluding carboxylic acids is 1. The van der Waals surface area contributed by atoms with Crippen molar-refractivity contribution in [1.29, 1.82) is 0 Å². The van der Waals surface area contributed by atoms with Gasteiger partial charge in [-0.3, -0.25) is 4.79 Å². The third-order valence-electron chi connectivity index (χ3n) is 3.81. The van der Waals surface area contributed by atoms with E-state index in [2.05, 4.69) is 39.7 Å². The number of carbonyl (C=O) groups is 1. The summed E-state index contributed by atoms with van der Waals surface area (Å²) in [6.07, 6.45) is 0. The summed E-state index contributed by atoms with van der Waals surface area (Å²) < 4.78 is 0. The van der Waals surface area contributed by atoms with E-state index < -0.39 is 5.91 Å². The van der Waals surface area contributed by atoms with Crippen molar-refractivity contribution in [3.05, 3.63) is 60.3 Å². The van der Waals surface area contributed by atoms with E-state index in [0.29, 0.717) is 5.69 Å². The first kappa shape index (κ1) is 12.5. The topological polar surface area (TPSA) is 84.7 Å². The van der Waals surface area contributed by atoms with E-state index in [1.54, 1.807) is 0 Å². The molecule has 0 aliphatic rings. The van der Waals surface area contributed by atoms with Crippen molar-refractivity contribution >= 4 is 27.5 Å². The number of H-pyrrole nitrogens is 1. The molecular weight excluding hydrogens is 276 g/mol. The van der Waals surface area contributed by atoms with E-state index in [1.807, 2.05) is 30.3 Å². The lowest BCUT2D eigenvalue weighted by Crippen LogP contribution is -2.12. The second kappa shape index (κ2) is 4.66. The molecule has 1 heterocycles. The zero-order valence-electron chi connectivity index (χ0n) is 11.6. The molecule has 0 atom stereocenters. The van der Waals surface area contributed by atoms with Crippen molar-refractivity contribution in [1.82, 2.24) is 15.4 Å². The van der Waals surface area contributed by atoms with Crippen LogP contribution in [0.4, 0.5) is 0 Å². The molecule has 106 valence electrons. The van der Waals surface area contributed by atoms with Crippen LogP contribution in [0.15, 0.2) is 54.6 Å². The van der Waals surface area contributed by atoms with Gasteiger partial charge >= 0.3 is 0 Å². The fourth-order valence-electron chi connectivity index (χ4n) is 2.85. The van der Waals surface area contributed by atoms with Gasteiger partial charge in [0.05, 0.1) is 0 Å². The number of rotatable bonds is 2. The smallest absolute Gasteiger partial charge is 0.271 e. The minimum Gasteiger partial charge on any atom is -0.364 e. The fourth-order valence-corrected chi connectivity index (χ4v) is 2.85. The van der Waals surface area contributed by atoms with Gasteiger partial charge < -0.3 is 5.73 Å². The van der Waals surface area contributed by atoms with E-state index in [9.17, 15) is 4.79 Å². The number of benzene rings is 3. The van der Waals surface area contributed by atoms with E-state index in [-0.39, 0.29) is 5.69 Å². The lowest BCUT2D eigenvalue weighted by molar-refractivity contribution is 0.0996. The number of nitrogens with two attached hydrogens (primary N) is 1. The highest BCUT2D eigenvalue weighted by atomic mass is 16.1. The molecule has 0 radical (unpaired) electrons. The molecule has 1 aromatic heterocycles. The molecule has 5 nitrogen and oxygen atoms in total. The van der Waals surface area contributed by atoms with Gasteiger partial charge in [0, 0.05) is 5.56 Å². The lowest BCUT2D eigenvalue weighted by Gasteiger charge is -2.08. The minimum absolute atomic E-state index is 0.153. The number of hydrogen-bond acceptors (Lipinski definition) is 3. The Morgan fingerprint density at radius 3 is 2.55 bits per heavy atom. The number of aromatic amines is 1. The van der Waals surface area contributed by atoms with Crippen molar-refractivity contribution < 1.29 is 4.79 Å². The van der Waals surface area contributed by atoms with Crippen LogP contribution in [0.3, 0.4) is 0 Å². The fraction of sp³-hybridized carbons (Fsp3) is 0. The van der Waals surface area contributed by atoms with Crippen LogP contribution >= 0.6 is 0 Å². The van der Waals surface area contributed by atoms with Crippen molar-refractivity contribution in [2.24, 2.45) is 5.73 Å². The van der Waals surface area contributed by atoms with Gasteiger partial charge in [-0.25, -0.2) is 0 Å². The van der Waals surface area contributed by atoms with Crippen LogP contribution in [-0.2, 0) is 0 Å². The number of nitrogens with one attached hydrogen (secondary N) is 1. The summed E-state index contributed by atoms with van der Waals surface area (Å²) in [6, 6.07) is 18.2. The van der Waals surface area contributed by atoms with E-state index in [0.717, 1.165) is 27.1 Å². The summed E-state index contributed by atoms with van der Waals surface area (Å²) in [7, 11) is 0. The quantitative estimate of drug-likeness (QED) is 0.556. The van der Waals surface area contributed by atoms with Gasteiger partial charge in [-0.1, -0.05) is 54.6 Å². The Morgan fingerprint density at radius 1 is 0.909 bits per heavy atom. The Kier molecular flexibility index (Phi) is 2.66. The molecule has 5 heteroatoms. The van der Waals surface area contributed by atoms with E-state index in [4.69, 9.17) is 5.73 Å². The predicted molar refractivity (Wildman–Crippen MR) is 85.3 cm³/mol. The van der Waals surface area contributed by atoms with Crippen LogP contribution < -0.4 is 5.73 Å². The third kappa shape index (κ3) is 1.76. The average molecular weight is 288 g/mol. The molecule has 0 spiro atoms. The summed E-state index contributed by atoms with van der Waals surface area (Å²) >= 11 is 0. The molecule has 3 N–H and O–H groups in total. The maximum absolute atomic E-state index is 11.6. The Labute approximate surface area is 125 Å². The molecular formula is C17H12N4O. The SMILES string of the molecule is NC(=O)c1n[nH]nc1-c1cccc2ccc3ccccc3c12. The first-order valence-electron chi connectivity index (χ1n) is 6.87. The molecule has 0 fully saturated rings. The minimum atomic E-state index is -0.596. The first-order valence-corrected chi connectivity index (χ1v) is 6.87. The van der Waals surface area contributed by atoms with E-state index in [1.165, 1.54) is 0 Å². The predicted octanol–water partition coefficient (Wildman–Crippen LogP) is 2.88. The maximum atomic E-state index is 11.6. The molecule has 0 aliphatic carbocycles.